The highest BCUT2D eigenvalue weighted by Crippen LogP contribution is 2.37. The van der Waals surface area contributed by atoms with Crippen molar-refractivity contribution in [3.8, 4) is 0 Å². The maximum atomic E-state index is 13.9. The van der Waals surface area contributed by atoms with E-state index in [1.54, 1.807) is 23.1 Å². The number of rotatable bonds is 2. The predicted molar refractivity (Wildman–Crippen MR) is 96.0 cm³/mol. The molecular formula is C16H15BrFNOS2. The van der Waals surface area contributed by atoms with E-state index in [-0.39, 0.29) is 17.8 Å². The Bertz CT molecular complexity index is 656. The van der Waals surface area contributed by atoms with Crippen LogP contribution in [0.15, 0.2) is 27.6 Å². The highest BCUT2D eigenvalue weighted by molar-refractivity contribution is 9.10. The van der Waals surface area contributed by atoms with Crippen molar-refractivity contribution in [2.75, 3.05) is 0 Å². The summed E-state index contributed by atoms with van der Waals surface area (Å²) in [6.07, 6.45) is 7.12. The van der Waals surface area contributed by atoms with E-state index in [4.69, 9.17) is 12.2 Å². The van der Waals surface area contributed by atoms with Crippen molar-refractivity contribution in [2.24, 2.45) is 0 Å². The van der Waals surface area contributed by atoms with Gasteiger partial charge in [-0.2, -0.15) is 0 Å². The number of amides is 1. The number of hydrogen-bond acceptors (Lipinski definition) is 3. The van der Waals surface area contributed by atoms with E-state index >= 15 is 0 Å². The van der Waals surface area contributed by atoms with Crippen molar-refractivity contribution in [1.29, 1.82) is 0 Å². The van der Waals surface area contributed by atoms with Crippen LogP contribution >= 0.6 is 39.9 Å². The predicted octanol–water partition coefficient (Wildman–Crippen LogP) is 5.12. The Kier molecular flexibility index (Phi) is 5.00. The molecule has 0 spiro atoms. The van der Waals surface area contributed by atoms with Gasteiger partial charge in [-0.3, -0.25) is 9.69 Å². The summed E-state index contributed by atoms with van der Waals surface area (Å²) in [5.74, 6) is -0.424. The molecule has 1 aliphatic heterocycles. The van der Waals surface area contributed by atoms with Gasteiger partial charge >= 0.3 is 0 Å². The molecule has 0 unspecified atom stereocenters. The number of benzene rings is 1. The van der Waals surface area contributed by atoms with Gasteiger partial charge in [0.05, 0.1) is 4.91 Å². The topological polar surface area (TPSA) is 20.3 Å². The van der Waals surface area contributed by atoms with Crippen LogP contribution in [0.3, 0.4) is 0 Å². The smallest absolute Gasteiger partial charge is 0.266 e. The number of nitrogens with zero attached hydrogens (tertiary/aromatic N) is 1. The molecule has 0 bridgehead atoms. The van der Waals surface area contributed by atoms with E-state index in [0.717, 1.165) is 30.2 Å². The molecule has 0 atom stereocenters. The van der Waals surface area contributed by atoms with Crippen LogP contribution in [0.2, 0.25) is 0 Å². The Morgan fingerprint density at radius 2 is 2.05 bits per heavy atom. The molecule has 0 N–H and O–H groups in total. The van der Waals surface area contributed by atoms with Crippen molar-refractivity contribution in [2.45, 2.75) is 38.1 Å². The highest BCUT2D eigenvalue weighted by atomic mass is 79.9. The maximum absolute atomic E-state index is 13.9. The average Bonchev–Trinajstić information content (AvgIpc) is 2.78. The molecule has 1 heterocycles. The Morgan fingerprint density at radius 3 is 2.77 bits per heavy atom. The van der Waals surface area contributed by atoms with Crippen LogP contribution in [0, 0.1) is 5.82 Å². The van der Waals surface area contributed by atoms with E-state index in [1.165, 1.54) is 24.2 Å². The van der Waals surface area contributed by atoms with E-state index in [0.29, 0.717) is 14.8 Å². The summed E-state index contributed by atoms with van der Waals surface area (Å²) >= 11 is 9.97. The van der Waals surface area contributed by atoms with Crippen LogP contribution in [0.4, 0.5) is 4.39 Å². The molecule has 0 radical (unpaired) electrons. The van der Waals surface area contributed by atoms with Crippen LogP contribution in [0.1, 0.15) is 37.7 Å². The number of halogens is 2. The fourth-order valence-electron chi connectivity index (χ4n) is 2.90. The summed E-state index contributed by atoms with van der Waals surface area (Å²) < 4.78 is 15.2. The number of thiocarbonyl (C=S) groups is 1. The van der Waals surface area contributed by atoms with E-state index in [2.05, 4.69) is 15.9 Å². The SMILES string of the molecule is O=C1C(=Cc2cc(Br)ccc2F)SC(=S)N1C1CCCCC1. The summed E-state index contributed by atoms with van der Waals surface area (Å²) in [5.41, 5.74) is 0.401. The second-order valence-corrected chi connectivity index (χ2v) is 8.10. The summed E-state index contributed by atoms with van der Waals surface area (Å²) in [6.45, 7) is 0. The first-order valence-electron chi connectivity index (χ1n) is 7.28. The molecule has 0 aromatic heterocycles. The molecule has 2 fully saturated rings. The minimum Gasteiger partial charge on any atom is -0.290 e. The molecule has 1 aromatic carbocycles. The summed E-state index contributed by atoms with van der Waals surface area (Å²) in [4.78, 5) is 14.9. The normalized spacial score (nSPS) is 21.9. The van der Waals surface area contributed by atoms with Crippen LogP contribution in [0.5, 0.6) is 0 Å². The fraction of sp³-hybridized carbons (Fsp3) is 0.375. The molecule has 1 aromatic rings. The van der Waals surface area contributed by atoms with Crippen molar-refractivity contribution in [1.82, 2.24) is 4.90 Å². The number of thioether (sulfide) groups is 1. The lowest BCUT2D eigenvalue weighted by Gasteiger charge is -2.29. The molecule has 1 saturated carbocycles. The lowest BCUT2D eigenvalue weighted by Crippen LogP contribution is -2.39. The third-order valence-electron chi connectivity index (χ3n) is 4.01. The highest BCUT2D eigenvalue weighted by Gasteiger charge is 2.37. The van der Waals surface area contributed by atoms with Crippen molar-refractivity contribution in [3.05, 3.63) is 39.0 Å². The quantitative estimate of drug-likeness (QED) is 0.508. The van der Waals surface area contributed by atoms with Gasteiger partial charge in [0.25, 0.3) is 5.91 Å². The van der Waals surface area contributed by atoms with Gasteiger partial charge in [-0.1, -0.05) is 59.2 Å². The van der Waals surface area contributed by atoms with Crippen molar-refractivity contribution >= 4 is 56.2 Å². The van der Waals surface area contributed by atoms with Crippen LogP contribution in [0.25, 0.3) is 6.08 Å². The van der Waals surface area contributed by atoms with Gasteiger partial charge in [-0.15, -0.1) is 0 Å². The Labute approximate surface area is 147 Å². The van der Waals surface area contributed by atoms with Gasteiger partial charge in [-0.25, -0.2) is 4.39 Å². The minimum atomic E-state index is -0.342. The van der Waals surface area contributed by atoms with Crippen LogP contribution < -0.4 is 0 Å². The Balaban J connectivity index is 1.86. The molecule has 22 heavy (non-hydrogen) atoms. The first kappa shape index (κ1) is 16.1. The van der Waals surface area contributed by atoms with E-state index < -0.39 is 0 Å². The van der Waals surface area contributed by atoms with Gasteiger partial charge in [0.15, 0.2) is 0 Å². The maximum Gasteiger partial charge on any atom is 0.266 e. The van der Waals surface area contributed by atoms with Crippen LogP contribution in [-0.4, -0.2) is 21.2 Å². The molecule has 3 rings (SSSR count). The zero-order valence-electron chi connectivity index (χ0n) is 11.9. The first-order valence-corrected chi connectivity index (χ1v) is 9.30. The summed E-state index contributed by atoms with van der Waals surface area (Å²) in [5, 5.41) is 0. The molecule has 1 amide bonds. The molecule has 6 heteroatoms. The summed E-state index contributed by atoms with van der Waals surface area (Å²) in [7, 11) is 0. The lowest BCUT2D eigenvalue weighted by atomic mass is 9.94. The van der Waals surface area contributed by atoms with Gasteiger partial charge in [0.2, 0.25) is 0 Å². The number of carbonyl (C=O) groups is 1. The molecular weight excluding hydrogens is 385 g/mol. The largest absolute Gasteiger partial charge is 0.290 e. The van der Waals surface area contributed by atoms with Gasteiger partial charge in [0, 0.05) is 16.1 Å². The van der Waals surface area contributed by atoms with E-state index in [9.17, 15) is 9.18 Å². The minimum absolute atomic E-state index is 0.0822. The second kappa shape index (κ2) is 6.81. The summed E-state index contributed by atoms with van der Waals surface area (Å²) in [6, 6.07) is 4.90. The van der Waals surface area contributed by atoms with Crippen molar-refractivity contribution < 1.29 is 9.18 Å². The van der Waals surface area contributed by atoms with Gasteiger partial charge in [0.1, 0.15) is 10.1 Å². The Hall–Kier alpha value is -0.720. The molecule has 1 saturated heterocycles. The first-order chi connectivity index (χ1) is 10.6. The molecule has 116 valence electrons. The van der Waals surface area contributed by atoms with Crippen molar-refractivity contribution in [3.63, 3.8) is 0 Å². The molecule has 1 aliphatic carbocycles. The monoisotopic (exact) mass is 399 g/mol. The lowest BCUT2D eigenvalue weighted by molar-refractivity contribution is -0.124. The number of carbonyl (C=O) groups excluding carboxylic acids is 1. The van der Waals surface area contributed by atoms with Crippen LogP contribution in [-0.2, 0) is 4.79 Å². The van der Waals surface area contributed by atoms with E-state index in [1.807, 2.05) is 0 Å². The third kappa shape index (κ3) is 3.29. The zero-order chi connectivity index (χ0) is 15.7. The zero-order valence-corrected chi connectivity index (χ0v) is 15.1. The number of hydrogen-bond donors (Lipinski definition) is 0. The molecule has 2 aliphatic rings. The molecule has 2 nitrogen and oxygen atoms in total. The van der Waals surface area contributed by atoms with Gasteiger partial charge in [-0.05, 0) is 37.1 Å². The fourth-order valence-corrected chi connectivity index (χ4v) is 4.67. The standard InChI is InChI=1S/C16H15BrFNOS2/c17-11-6-7-13(18)10(8-11)9-14-15(20)19(16(21)22-14)12-4-2-1-3-5-12/h6-9,12H,1-5H2. The third-order valence-corrected chi connectivity index (χ3v) is 5.83. The average molecular weight is 400 g/mol. The van der Waals surface area contributed by atoms with Gasteiger partial charge < -0.3 is 0 Å². The Morgan fingerprint density at radius 1 is 1.32 bits per heavy atom. The second-order valence-electron chi connectivity index (χ2n) is 5.51.